The molecule has 1 atom stereocenters. The molecule has 0 spiro atoms. The zero-order valence-corrected chi connectivity index (χ0v) is 9.82. The fourth-order valence-corrected chi connectivity index (χ4v) is 2.16. The van der Waals surface area contributed by atoms with Crippen molar-refractivity contribution in [2.75, 3.05) is 24.7 Å². The van der Waals surface area contributed by atoms with E-state index in [1.54, 1.807) is 6.07 Å². The third-order valence-corrected chi connectivity index (χ3v) is 3.09. The second-order valence-corrected chi connectivity index (χ2v) is 4.10. The summed E-state index contributed by atoms with van der Waals surface area (Å²) in [6.45, 7) is 4.15. The molecule has 0 saturated carbocycles. The molecule has 3 nitrogen and oxygen atoms in total. The number of hydrogen-bond donors (Lipinski definition) is 0. The first kappa shape index (κ1) is 11.9. The monoisotopic (exact) mass is 234 g/mol. The quantitative estimate of drug-likeness (QED) is 0.787. The number of nitriles is 1. The summed E-state index contributed by atoms with van der Waals surface area (Å²) in [6, 6.07) is 6.69. The summed E-state index contributed by atoms with van der Waals surface area (Å²) in [6.07, 6.45) is 0.947. The average Bonchev–Trinajstić information content (AvgIpc) is 2.38. The van der Waals surface area contributed by atoms with Crippen LogP contribution in [0.1, 0.15) is 18.9 Å². The predicted octanol–water partition coefficient (Wildman–Crippen LogP) is 2.31. The van der Waals surface area contributed by atoms with Gasteiger partial charge in [-0.1, -0.05) is 6.92 Å². The Hall–Kier alpha value is -1.60. The van der Waals surface area contributed by atoms with Gasteiger partial charge < -0.3 is 9.64 Å². The molecule has 2 rings (SSSR count). The van der Waals surface area contributed by atoms with Gasteiger partial charge in [-0.25, -0.2) is 4.39 Å². The minimum absolute atomic E-state index is 0.265. The van der Waals surface area contributed by atoms with E-state index in [4.69, 9.17) is 10.00 Å². The molecule has 0 N–H and O–H groups in total. The van der Waals surface area contributed by atoms with Gasteiger partial charge in [0.05, 0.1) is 30.5 Å². The Morgan fingerprint density at radius 1 is 1.59 bits per heavy atom. The van der Waals surface area contributed by atoms with E-state index in [0.717, 1.165) is 18.7 Å². The van der Waals surface area contributed by atoms with Gasteiger partial charge in [0.1, 0.15) is 11.9 Å². The van der Waals surface area contributed by atoms with Gasteiger partial charge in [-0.2, -0.15) is 5.26 Å². The topological polar surface area (TPSA) is 36.3 Å². The fraction of sp³-hybridized carbons (Fsp3) is 0.462. The highest BCUT2D eigenvalue weighted by Crippen LogP contribution is 2.25. The van der Waals surface area contributed by atoms with Crippen LogP contribution in [0.2, 0.25) is 0 Å². The van der Waals surface area contributed by atoms with Gasteiger partial charge in [-0.3, -0.25) is 0 Å². The van der Waals surface area contributed by atoms with Crippen LogP contribution in [-0.4, -0.2) is 25.8 Å². The molecule has 0 radical (unpaired) electrons. The standard InChI is InChI=1S/C13H15FN2O/c1-2-12-9-17-6-5-16(12)13-4-3-11(14)7-10(13)8-15/h3-4,7,12H,2,5-6,9H2,1H3. The van der Waals surface area contributed by atoms with Crippen molar-refractivity contribution in [3.8, 4) is 6.07 Å². The van der Waals surface area contributed by atoms with Gasteiger partial charge >= 0.3 is 0 Å². The van der Waals surface area contributed by atoms with Crippen molar-refractivity contribution in [3.05, 3.63) is 29.6 Å². The molecule has 0 aromatic heterocycles. The maximum Gasteiger partial charge on any atom is 0.124 e. The summed E-state index contributed by atoms with van der Waals surface area (Å²) < 4.78 is 18.5. The molecule has 1 unspecified atom stereocenters. The van der Waals surface area contributed by atoms with Crippen LogP contribution in [0.4, 0.5) is 10.1 Å². The predicted molar refractivity (Wildman–Crippen MR) is 63.4 cm³/mol. The van der Waals surface area contributed by atoms with E-state index in [1.165, 1.54) is 12.1 Å². The van der Waals surface area contributed by atoms with Crippen LogP contribution in [-0.2, 0) is 4.74 Å². The SMILES string of the molecule is CCC1COCCN1c1ccc(F)cc1C#N. The van der Waals surface area contributed by atoms with Crippen LogP contribution in [0.15, 0.2) is 18.2 Å². The molecule has 4 heteroatoms. The lowest BCUT2D eigenvalue weighted by Gasteiger charge is -2.37. The summed E-state index contributed by atoms with van der Waals surface area (Å²) in [7, 11) is 0. The number of benzene rings is 1. The normalized spacial score (nSPS) is 20.1. The number of halogens is 1. The maximum atomic E-state index is 13.1. The van der Waals surface area contributed by atoms with Crippen molar-refractivity contribution in [1.82, 2.24) is 0 Å². The highest BCUT2D eigenvalue weighted by Gasteiger charge is 2.23. The van der Waals surface area contributed by atoms with Crippen LogP contribution in [0.5, 0.6) is 0 Å². The second kappa shape index (κ2) is 5.15. The zero-order valence-electron chi connectivity index (χ0n) is 9.82. The minimum atomic E-state index is -0.369. The molecule has 1 aliphatic rings. The molecule has 0 aliphatic carbocycles. The van der Waals surface area contributed by atoms with Crippen molar-refractivity contribution in [2.45, 2.75) is 19.4 Å². The Labute approximate surface area is 100 Å². The van der Waals surface area contributed by atoms with E-state index < -0.39 is 0 Å². The largest absolute Gasteiger partial charge is 0.377 e. The van der Waals surface area contributed by atoms with E-state index in [-0.39, 0.29) is 11.9 Å². The van der Waals surface area contributed by atoms with E-state index in [2.05, 4.69) is 17.9 Å². The van der Waals surface area contributed by atoms with Crippen molar-refractivity contribution >= 4 is 5.69 Å². The fourth-order valence-electron chi connectivity index (χ4n) is 2.16. The molecular formula is C13H15FN2O. The average molecular weight is 234 g/mol. The highest BCUT2D eigenvalue weighted by molar-refractivity contribution is 5.60. The third kappa shape index (κ3) is 2.40. The summed E-state index contributed by atoms with van der Waals surface area (Å²) in [5.74, 6) is -0.369. The number of hydrogen-bond acceptors (Lipinski definition) is 3. The molecule has 90 valence electrons. The van der Waals surface area contributed by atoms with Gasteiger partial charge in [0.15, 0.2) is 0 Å². The molecular weight excluding hydrogens is 219 g/mol. The second-order valence-electron chi connectivity index (χ2n) is 4.10. The van der Waals surface area contributed by atoms with Gasteiger partial charge in [0.2, 0.25) is 0 Å². The van der Waals surface area contributed by atoms with Crippen molar-refractivity contribution in [1.29, 1.82) is 5.26 Å². The smallest absolute Gasteiger partial charge is 0.124 e. The highest BCUT2D eigenvalue weighted by atomic mass is 19.1. The minimum Gasteiger partial charge on any atom is -0.377 e. The lowest BCUT2D eigenvalue weighted by molar-refractivity contribution is 0.0929. The number of anilines is 1. The summed E-state index contributed by atoms with van der Waals surface area (Å²) in [5.41, 5.74) is 1.20. The Balaban J connectivity index is 2.35. The van der Waals surface area contributed by atoms with Gasteiger partial charge in [0.25, 0.3) is 0 Å². The number of ether oxygens (including phenoxy) is 1. The number of morpholine rings is 1. The van der Waals surface area contributed by atoms with Crippen molar-refractivity contribution in [3.63, 3.8) is 0 Å². The first-order chi connectivity index (χ1) is 8.26. The van der Waals surface area contributed by atoms with Crippen LogP contribution < -0.4 is 4.90 Å². The third-order valence-electron chi connectivity index (χ3n) is 3.09. The Kier molecular flexibility index (Phi) is 3.60. The summed E-state index contributed by atoms with van der Waals surface area (Å²) in [4.78, 5) is 2.14. The van der Waals surface area contributed by atoms with Crippen LogP contribution >= 0.6 is 0 Å². The lowest BCUT2D eigenvalue weighted by atomic mass is 10.1. The van der Waals surface area contributed by atoms with E-state index in [9.17, 15) is 4.39 Å². The maximum absolute atomic E-state index is 13.1. The van der Waals surface area contributed by atoms with Crippen molar-refractivity contribution < 1.29 is 9.13 Å². The molecule has 1 fully saturated rings. The Bertz CT molecular complexity index is 442. The summed E-state index contributed by atoms with van der Waals surface area (Å²) in [5, 5.41) is 9.06. The van der Waals surface area contributed by atoms with E-state index in [1.807, 2.05) is 0 Å². The van der Waals surface area contributed by atoms with E-state index in [0.29, 0.717) is 18.8 Å². The van der Waals surface area contributed by atoms with Gasteiger partial charge in [-0.15, -0.1) is 0 Å². The van der Waals surface area contributed by atoms with Crippen LogP contribution in [0, 0.1) is 17.1 Å². The molecule has 1 aliphatic heterocycles. The Morgan fingerprint density at radius 3 is 3.12 bits per heavy atom. The molecule has 0 bridgehead atoms. The van der Waals surface area contributed by atoms with Gasteiger partial charge in [-0.05, 0) is 24.6 Å². The molecule has 1 heterocycles. The van der Waals surface area contributed by atoms with Crippen molar-refractivity contribution in [2.24, 2.45) is 0 Å². The summed E-state index contributed by atoms with van der Waals surface area (Å²) >= 11 is 0. The Morgan fingerprint density at radius 2 is 2.41 bits per heavy atom. The molecule has 1 aromatic carbocycles. The van der Waals surface area contributed by atoms with Crippen LogP contribution in [0.25, 0.3) is 0 Å². The van der Waals surface area contributed by atoms with Gasteiger partial charge in [0, 0.05) is 6.54 Å². The van der Waals surface area contributed by atoms with E-state index >= 15 is 0 Å². The molecule has 0 amide bonds. The lowest BCUT2D eigenvalue weighted by Crippen LogP contribution is -2.45. The molecule has 1 saturated heterocycles. The molecule has 17 heavy (non-hydrogen) atoms. The zero-order chi connectivity index (χ0) is 12.3. The molecule has 1 aromatic rings. The first-order valence-corrected chi connectivity index (χ1v) is 5.80. The number of rotatable bonds is 2. The first-order valence-electron chi connectivity index (χ1n) is 5.80. The van der Waals surface area contributed by atoms with Crippen LogP contribution in [0.3, 0.4) is 0 Å². The number of nitrogens with zero attached hydrogens (tertiary/aromatic N) is 2.